The molecule has 1 unspecified atom stereocenters. The zero-order valence-corrected chi connectivity index (χ0v) is 12.8. The number of hydrogen-bond acceptors (Lipinski definition) is 3. The fraction of sp³-hybridized carbons (Fsp3) is 0.235. The maximum Gasteiger partial charge on any atom is 0.193 e. The summed E-state index contributed by atoms with van der Waals surface area (Å²) in [5, 5.41) is 4.96. The smallest absolute Gasteiger partial charge is 0.193 e. The van der Waals surface area contributed by atoms with Crippen molar-refractivity contribution < 1.29 is 4.42 Å². The lowest BCUT2D eigenvalue weighted by Crippen LogP contribution is -2.21. The number of pyridine rings is 1. The third-order valence-corrected chi connectivity index (χ3v) is 3.68. The van der Waals surface area contributed by atoms with Crippen LogP contribution >= 0.6 is 11.6 Å². The summed E-state index contributed by atoms with van der Waals surface area (Å²) in [6.07, 6.45) is 0. The highest BCUT2D eigenvalue weighted by Gasteiger charge is 2.17. The number of benzene rings is 1. The van der Waals surface area contributed by atoms with Gasteiger partial charge in [-0.2, -0.15) is 0 Å². The van der Waals surface area contributed by atoms with Gasteiger partial charge in [0, 0.05) is 11.1 Å². The van der Waals surface area contributed by atoms with E-state index in [2.05, 4.69) is 35.4 Å². The Labute approximate surface area is 128 Å². The predicted molar refractivity (Wildman–Crippen MR) is 85.7 cm³/mol. The summed E-state index contributed by atoms with van der Waals surface area (Å²) in [6, 6.07) is 14.1. The molecule has 0 bridgehead atoms. The van der Waals surface area contributed by atoms with Gasteiger partial charge in [0.25, 0.3) is 0 Å². The fourth-order valence-corrected chi connectivity index (χ4v) is 2.65. The molecule has 0 radical (unpaired) electrons. The highest BCUT2D eigenvalue weighted by atomic mass is 35.5. The number of hydrogen-bond donors (Lipinski definition) is 1. The highest BCUT2D eigenvalue weighted by molar-refractivity contribution is 6.28. The van der Waals surface area contributed by atoms with E-state index in [4.69, 9.17) is 16.0 Å². The van der Waals surface area contributed by atoms with Crippen LogP contribution in [0.2, 0.25) is 5.22 Å². The molecule has 0 saturated heterocycles. The molecule has 1 atom stereocenters. The quantitative estimate of drug-likeness (QED) is 0.771. The molecule has 3 aromatic rings. The van der Waals surface area contributed by atoms with Crippen LogP contribution in [0, 0.1) is 6.92 Å². The van der Waals surface area contributed by atoms with Crippen LogP contribution in [0.3, 0.4) is 0 Å². The third kappa shape index (κ3) is 2.94. The van der Waals surface area contributed by atoms with Crippen LogP contribution in [0.25, 0.3) is 10.9 Å². The summed E-state index contributed by atoms with van der Waals surface area (Å²) in [5.41, 5.74) is 3.17. The van der Waals surface area contributed by atoms with Crippen molar-refractivity contribution in [3.05, 3.63) is 64.7 Å². The Kier molecular flexibility index (Phi) is 3.95. The fourth-order valence-electron chi connectivity index (χ4n) is 2.50. The molecule has 108 valence electrons. The van der Waals surface area contributed by atoms with Gasteiger partial charge in [0.05, 0.1) is 11.6 Å². The summed E-state index contributed by atoms with van der Waals surface area (Å²) in [6.45, 7) is 4.91. The average molecular weight is 301 g/mol. The van der Waals surface area contributed by atoms with E-state index in [1.54, 1.807) is 6.07 Å². The molecular weight excluding hydrogens is 284 g/mol. The van der Waals surface area contributed by atoms with Gasteiger partial charge in [-0.3, -0.25) is 4.98 Å². The second-order valence-corrected chi connectivity index (χ2v) is 5.41. The maximum absolute atomic E-state index is 5.90. The lowest BCUT2D eigenvalue weighted by molar-refractivity contribution is 0.454. The molecule has 4 heteroatoms. The van der Waals surface area contributed by atoms with Crippen molar-refractivity contribution in [2.45, 2.75) is 19.9 Å². The van der Waals surface area contributed by atoms with E-state index < -0.39 is 0 Å². The molecule has 1 N–H and O–H groups in total. The zero-order valence-electron chi connectivity index (χ0n) is 12.1. The van der Waals surface area contributed by atoms with Gasteiger partial charge in [0.1, 0.15) is 5.76 Å². The molecule has 0 fully saturated rings. The van der Waals surface area contributed by atoms with Gasteiger partial charge in [-0.25, -0.2) is 0 Å². The first-order chi connectivity index (χ1) is 10.2. The van der Waals surface area contributed by atoms with Gasteiger partial charge in [-0.1, -0.05) is 19.1 Å². The SMILES string of the molecule is CCNC(c1ccc2nc(C)ccc2c1)c1ccc(Cl)o1. The second-order valence-electron chi connectivity index (χ2n) is 5.04. The molecule has 0 spiro atoms. The van der Waals surface area contributed by atoms with Gasteiger partial charge in [0.2, 0.25) is 0 Å². The summed E-state index contributed by atoms with van der Waals surface area (Å²) in [5.74, 6) is 0.821. The van der Waals surface area contributed by atoms with E-state index in [1.807, 2.05) is 25.1 Å². The molecular formula is C17H17ClN2O. The first kappa shape index (κ1) is 14.1. The van der Waals surface area contributed by atoms with E-state index in [0.717, 1.165) is 34.5 Å². The van der Waals surface area contributed by atoms with Gasteiger partial charge in [-0.05, 0) is 61.0 Å². The van der Waals surface area contributed by atoms with Crippen molar-refractivity contribution in [1.29, 1.82) is 0 Å². The lowest BCUT2D eigenvalue weighted by Gasteiger charge is -2.16. The van der Waals surface area contributed by atoms with Crippen molar-refractivity contribution in [2.24, 2.45) is 0 Å². The van der Waals surface area contributed by atoms with E-state index in [1.165, 1.54) is 0 Å². The first-order valence-corrected chi connectivity index (χ1v) is 7.41. The average Bonchev–Trinajstić information content (AvgIpc) is 2.90. The molecule has 0 saturated carbocycles. The minimum Gasteiger partial charge on any atom is -0.448 e. The number of furan rings is 1. The van der Waals surface area contributed by atoms with Crippen LogP contribution in [0.4, 0.5) is 0 Å². The topological polar surface area (TPSA) is 38.1 Å². The van der Waals surface area contributed by atoms with E-state index in [-0.39, 0.29) is 6.04 Å². The molecule has 0 aliphatic heterocycles. The van der Waals surface area contributed by atoms with Crippen LogP contribution < -0.4 is 5.32 Å². The predicted octanol–water partition coefficient (Wildman–Crippen LogP) is 4.49. The van der Waals surface area contributed by atoms with Crippen molar-refractivity contribution in [3.63, 3.8) is 0 Å². The molecule has 3 rings (SSSR count). The number of nitrogens with one attached hydrogen (secondary N) is 1. The van der Waals surface area contributed by atoms with Crippen molar-refractivity contribution in [1.82, 2.24) is 10.3 Å². The van der Waals surface area contributed by atoms with Gasteiger partial charge < -0.3 is 9.73 Å². The van der Waals surface area contributed by atoms with Crippen LogP contribution in [-0.4, -0.2) is 11.5 Å². The normalized spacial score (nSPS) is 12.7. The van der Waals surface area contributed by atoms with Crippen molar-refractivity contribution in [3.8, 4) is 0 Å². The molecule has 2 heterocycles. The van der Waals surface area contributed by atoms with E-state index in [9.17, 15) is 0 Å². The Morgan fingerprint density at radius 2 is 2.05 bits per heavy atom. The largest absolute Gasteiger partial charge is 0.448 e. The van der Waals surface area contributed by atoms with Crippen LogP contribution in [0.5, 0.6) is 0 Å². The standard InChI is InChI=1S/C17H17ClN2O/c1-3-19-17(15-8-9-16(18)21-15)13-6-7-14-12(10-13)5-4-11(2)20-14/h4-10,17,19H,3H2,1-2H3. The molecule has 0 aliphatic rings. The number of nitrogens with zero attached hydrogens (tertiary/aromatic N) is 1. The lowest BCUT2D eigenvalue weighted by atomic mass is 10.0. The number of rotatable bonds is 4. The number of aryl methyl sites for hydroxylation is 1. The van der Waals surface area contributed by atoms with Crippen molar-refractivity contribution >= 4 is 22.5 Å². The summed E-state index contributed by atoms with van der Waals surface area (Å²) in [7, 11) is 0. The monoisotopic (exact) mass is 300 g/mol. The van der Waals surface area contributed by atoms with Crippen LogP contribution in [0.1, 0.15) is 30.0 Å². The Morgan fingerprint density at radius 3 is 2.76 bits per heavy atom. The Morgan fingerprint density at radius 1 is 1.19 bits per heavy atom. The maximum atomic E-state index is 5.90. The minimum atomic E-state index is -0.00629. The Bertz CT molecular complexity index is 766. The van der Waals surface area contributed by atoms with Crippen molar-refractivity contribution in [2.75, 3.05) is 6.54 Å². The highest BCUT2D eigenvalue weighted by Crippen LogP contribution is 2.28. The molecule has 2 aromatic heterocycles. The number of fused-ring (bicyclic) bond motifs is 1. The number of halogens is 1. The third-order valence-electron chi connectivity index (χ3n) is 3.47. The molecule has 0 aliphatic carbocycles. The van der Waals surface area contributed by atoms with Gasteiger partial charge in [-0.15, -0.1) is 0 Å². The second kappa shape index (κ2) is 5.88. The van der Waals surface area contributed by atoms with Gasteiger partial charge in [0.15, 0.2) is 5.22 Å². The molecule has 1 aromatic carbocycles. The van der Waals surface area contributed by atoms with Gasteiger partial charge >= 0.3 is 0 Å². The Balaban J connectivity index is 2.04. The molecule has 3 nitrogen and oxygen atoms in total. The van der Waals surface area contributed by atoms with Crippen LogP contribution in [0.15, 0.2) is 46.9 Å². The minimum absolute atomic E-state index is 0.00629. The summed E-state index contributed by atoms with van der Waals surface area (Å²) in [4.78, 5) is 4.53. The van der Waals surface area contributed by atoms with E-state index in [0.29, 0.717) is 5.22 Å². The molecule has 21 heavy (non-hydrogen) atoms. The zero-order chi connectivity index (χ0) is 14.8. The van der Waals surface area contributed by atoms with E-state index >= 15 is 0 Å². The number of aromatic nitrogens is 1. The Hall–Kier alpha value is -1.84. The molecule has 0 amide bonds. The summed E-state index contributed by atoms with van der Waals surface area (Å²) < 4.78 is 5.57. The van der Waals surface area contributed by atoms with Crippen LogP contribution in [-0.2, 0) is 0 Å². The summed E-state index contributed by atoms with van der Waals surface area (Å²) >= 11 is 5.90. The first-order valence-electron chi connectivity index (χ1n) is 7.03.